The van der Waals surface area contributed by atoms with Crippen LogP contribution in [0.1, 0.15) is 11.3 Å². The van der Waals surface area contributed by atoms with E-state index in [1.165, 1.54) is 0 Å². The number of hydrogen-bond acceptors (Lipinski definition) is 3. The maximum atomic E-state index is 6.05. The first-order valence-corrected chi connectivity index (χ1v) is 5.66. The van der Waals surface area contributed by atoms with Crippen molar-refractivity contribution in [1.29, 1.82) is 0 Å². The fourth-order valence-corrected chi connectivity index (χ4v) is 1.72. The van der Waals surface area contributed by atoms with Crippen LogP contribution in [0.4, 0.5) is 0 Å². The minimum Gasteiger partial charge on any atom is -0.457 e. The van der Waals surface area contributed by atoms with Gasteiger partial charge in [0.15, 0.2) is 0 Å². The molecule has 88 valence electrons. The van der Waals surface area contributed by atoms with Crippen LogP contribution >= 0.6 is 11.6 Å². The molecule has 2 aromatic rings. The lowest BCUT2D eigenvalue weighted by atomic mass is 10.2. The molecule has 0 aliphatic rings. The first-order chi connectivity index (χ1) is 8.19. The maximum Gasteiger partial charge on any atom is 0.130 e. The molecule has 0 aliphatic carbocycles. The molecule has 2 rings (SSSR count). The van der Waals surface area contributed by atoms with Gasteiger partial charge in [-0.1, -0.05) is 17.7 Å². The standard InChI is InChI=1S/C13H13ClN2O/c1-9-6-12(4-5-16-9)17-11-3-2-10(8-15)13(14)7-11/h2-7H,8,15H2,1H3. The van der Waals surface area contributed by atoms with E-state index in [1.54, 1.807) is 18.3 Å². The van der Waals surface area contributed by atoms with Gasteiger partial charge in [-0.25, -0.2) is 0 Å². The summed E-state index contributed by atoms with van der Waals surface area (Å²) in [6, 6.07) is 9.15. The number of aryl methyl sites for hydroxylation is 1. The van der Waals surface area contributed by atoms with Crippen molar-refractivity contribution >= 4 is 11.6 Å². The van der Waals surface area contributed by atoms with E-state index in [2.05, 4.69) is 4.98 Å². The van der Waals surface area contributed by atoms with Crippen molar-refractivity contribution in [2.45, 2.75) is 13.5 Å². The minimum absolute atomic E-state index is 0.424. The topological polar surface area (TPSA) is 48.1 Å². The molecular formula is C13H13ClN2O. The highest BCUT2D eigenvalue weighted by Crippen LogP contribution is 2.26. The van der Waals surface area contributed by atoms with E-state index in [4.69, 9.17) is 22.1 Å². The molecule has 1 heterocycles. The molecule has 0 atom stereocenters. The number of hydrogen-bond donors (Lipinski definition) is 1. The number of aromatic nitrogens is 1. The van der Waals surface area contributed by atoms with Crippen molar-refractivity contribution < 1.29 is 4.74 Å². The Bertz CT molecular complexity index is 529. The molecule has 0 bridgehead atoms. The van der Waals surface area contributed by atoms with E-state index in [0.29, 0.717) is 17.3 Å². The number of nitrogens with zero attached hydrogens (tertiary/aromatic N) is 1. The second-order valence-corrected chi connectivity index (χ2v) is 4.10. The minimum atomic E-state index is 0.424. The highest BCUT2D eigenvalue weighted by atomic mass is 35.5. The van der Waals surface area contributed by atoms with Crippen LogP contribution < -0.4 is 10.5 Å². The Morgan fingerprint density at radius 3 is 2.65 bits per heavy atom. The smallest absolute Gasteiger partial charge is 0.130 e. The summed E-state index contributed by atoms with van der Waals surface area (Å²) in [4.78, 5) is 4.10. The molecule has 0 saturated carbocycles. The van der Waals surface area contributed by atoms with Gasteiger partial charge in [0.2, 0.25) is 0 Å². The van der Waals surface area contributed by atoms with Crippen LogP contribution in [0.2, 0.25) is 5.02 Å². The third-order valence-corrected chi connectivity index (χ3v) is 2.70. The number of halogens is 1. The molecular weight excluding hydrogens is 236 g/mol. The molecule has 17 heavy (non-hydrogen) atoms. The van der Waals surface area contributed by atoms with E-state index in [9.17, 15) is 0 Å². The van der Waals surface area contributed by atoms with Gasteiger partial charge in [-0.2, -0.15) is 0 Å². The highest BCUT2D eigenvalue weighted by molar-refractivity contribution is 6.31. The van der Waals surface area contributed by atoms with Gasteiger partial charge in [0.05, 0.1) is 0 Å². The molecule has 2 N–H and O–H groups in total. The van der Waals surface area contributed by atoms with E-state index >= 15 is 0 Å². The first kappa shape index (κ1) is 11.9. The third kappa shape index (κ3) is 2.96. The average molecular weight is 249 g/mol. The number of ether oxygens (including phenoxy) is 1. The molecule has 1 aromatic carbocycles. The summed E-state index contributed by atoms with van der Waals surface area (Å²) in [5, 5.41) is 0.621. The van der Waals surface area contributed by atoms with Gasteiger partial charge in [0.25, 0.3) is 0 Å². The van der Waals surface area contributed by atoms with E-state index in [0.717, 1.165) is 17.0 Å². The Morgan fingerprint density at radius 1 is 1.24 bits per heavy atom. The molecule has 4 heteroatoms. The zero-order valence-electron chi connectivity index (χ0n) is 9.48. The molecule has 0 aliphatic heterocycles. The molecule has 0 saturated heterocycles. The van der Waals surface area contributed by atoms with Gasteiger partial charge >= 0.3 is 0 Å². The second kappa shape index (κ2) is 5.17. The van der Waals surface area contributed by atoms with E-state index in [-0.39, 0.29) is 0 Å². The molecule has 0 amide bonds. The Morgan fingerprint density at radius 2 is 2.00 bits per heavy atom. The van der Waals surface area contributed by atoms with Gasteiger partial charge in [-0.05, 0) is 30.7 Å². The van der Waals surface area contributed by atoms with Crippen molar-refractivity contribution in [3.05, 3.63) is 52.8 Å². The lowest BCUT2D eigenvalue weighted by molar-refractivity contribution is 0.481. The summed E-state index contributed by atoms with van der Waals surface area (Å²) in [7, 11) is 0. The van der Waals surface area contributed by atoms with Gasteiger partial charge in [0, 0.05) is 29.5 Å². The number of nitrogens with two attached hydrogens (primary N) is 1. The van der Waals surface area contributed by atoms with Crippen molar-refractivity contribution in [3.63, 3.8) is 0 Å². The summed E-state index contributed by atoms with van der Waals surface area (Å²) < 4.78 is 5.67. The highest BCUT2D eigenvalue weighted by Gasteiger charge is 2.02. The quantitative estimate of drug-likeness (QED) is 0.907. The summed E-state index contributed by atoms with van der Waals surface area (Å²) in [5.74, 6) is 1.44. The van der Waals surface area contributed by atoms with Crippen molar-refractivity contribution in [2.75, 3.05) is 0 Å². The van der Waals surface area contributed by atoms with Crippen LogP contribution in [0.5, 0.6) is 11.5 Å². The Hall–Kier alpha value is -1.58. The summed E-state index contributed by atoms with van der Waals surface area (Å²) in [6.07, 6.45) is 1.71. The average Bonchev–Trinajstić information content (AvgIpc) is 2.29. The monoisotopic (exact) mass is 248 g/mol. The number of benzene rings is 1. The predicted molar refractivity (Wildman–Crippen MR) is 68.4 cm³/mol. The third-order valence-electron chi connectivity index (χ3n) is 2.35. The van der Waals surface area contributed by atoms with Crippen LogP contribution in [0, 0.1) is 6.92 Å². The van der Waals surface area contributed by atoms with Gasteiger partial charge in [0.1, 0.15) is 11.5 Å². The van der Waals surface area contributed by atoms with Gasteiger partial charge in [-0.3, -0.25) is 4.98 Å². The molecule has 1 aromatic heterocycles. The Kier molecular flexibility index (Phi) is 3.61. The molecule has 0 spiro atoms. The summed E-state index contributed by atoms with van der Waals surface area (Å²) in [6.45, 7) is 2.34. The summed E-state index contributed by atoms with van der Waals surface area (Å²) in [5.41, 5.74) is 7.36. The van der Waals surface area contributed by atoms with Gasteiger partial charge in [-0.15, -0.1) is 0 Å². The predicted octanol–water partition coefficient (Wildman–Crippen LogP) is 3.29. The zero-order chi connectivity index (χ0) is 12.3. The fraction of sp³-hybridized carbons (Fsp3) is 0.154. The van der Waals surface area contributed by atoms with E-state index < -0.39 is 0 Å². The van der Waals surface area contributed by atoms with Crippen molar-refractivity contribution in [3.8, 4) is 11.5 Å². The van der Waals surface area contributed by atoms with Crippen molar-refractivity contribution in [2.24, 2.45) is 5.73 Å². The fourth-order valence-electron chi connectivity index (χ4n) is 1.48. The SMILES string of the molecule is Cc1cc(Oc2ccc(CN)c(Cl)c2)ccn1. The van der Waals surface area contributed by atoms with Crippen LogP contribution in [0.25, 0.3) is 0 Å². The second-order valence-electron chi connectivity index (χ2n) is 3.69. The largest absolute Gasteiger partial charge is 0.457 e. The van der Waals surface area contributed by atoms with Gasteiger partial charge < -0.3 is 10.5 Å². The van der Waals surface area contributed by atoms with Crippen LogP contribution in [0.15, 0.2) is 36.5 Å². The maximum absolute atomic E-state index is 6.05. The normalized spacial score (nSPS) is 10.3. The Labute approximate surface area is 105 Å². The zero-order valence-corrected chi connectivity index (χ0v) is 10.2. The number of pyridine rings is 1. The molecule has 3 nitrogen and oxygen atoms in total. The number of rotatable bonds is 3. The summed E-state index contributed by atoms with van der Waals surface area (Å²) >= 11 is 6.05. The Balaban J connectivity index is 2.22. The van der Waals surface area contributed by atoms with Crippen LogP contribution in [-0.2, 0) is 6.54 Å². The molecule has 0 radical (unpaired) electrons. The lowest BCUT2D eigenvalue weighted by Gasteiger charge is -2.08. The molecule has 0 fully saturated rings. The lowest BCUT2D eigenvalue weighted by Crippen LogP contribution is -1.97. The van der Waals surface area contributed by atoms with Crippen LogP contribution in [-0.4, -0.2) is 4.98 Å². The van der Waals surface area contributed by atoms with E-state index in [1.807, 2.05) is 25.1 Å². The van der Waals surface area contributed by atoms with Crippen molar-refractivity contribution in [1.82, 2.24) is 4.98 Å². The van der Waals surface area contributed by atoms with Crippen LogP contribution in [0.3, 0.4) is 0 Å². The molecule has 0 unspecified atom stereocenters. The first-order valence-electron chi connectivity index (χ1n) is 5.28.